The first-order valence-corrected chi connectivity index (χ1v) is 7.82. The number of carboxylic acid groups (broad SMARTS) is 1. The lowest BCUT2D eigenvalue weighted by Crippen LogP contribution is -2.56. The van der Waals surface area contributed by atoms with Crippen molar-refractivity contribution in [3.8, 4) is 0 Å². The van der Waals surface area contributed by atoms with Crippen molar-refractivity contribution in [1.82, 2.24) is 10.2 Å². The molecule has 0 aromatic heterocycles. The van der Waals surface area contributed by atoms with Gasteiger partial charge in [0, 0.05) is 18.1 Å². The van der Waals surface area contributed by atoms with Crippen LogP contribution in [0.15, 0.2) is 0 Å². The molecule has 110 valence electrons. The van der Waals surface area contributed by atoms with E-state index in [4.69, 9.17) is 5.11 Å². The van der Waals surface area contributed by atoms with Crippen LogP contribution in [-0.4, -0.2) is 47.2 Å². The van der Waals surface area contributed by atoms with Crippen LogP contribution in [-0.2, 0) is 4.79 Å². The van der Waals surface area contributed by atoms with E-state index in [9.17, 15) is 4.79 Å². The van der Waals surface area contributed by atoms with E-state index in [1.807, 2.05) is 6.92 Å². The fraction of sp³-hybridized carbons (Fsp3) is 0.933. The van der Waals surface area contributed by atoms with Gasteiger partial charge in [0.15, 0.2) is 0 Å². The highest BCUT2D eigenvalue weighted by Gasteiger charge is 2.35. The Hall–Kier alpha value is -0.610. The summed E-state index contributed by atoms with van der Waals surface area (Å²) in [6.07, 6.45) is 7.77. The maximum Gasteiger partial charge on any atom is 0.317 e. The van der Waals surface area contributed by atoms with E-state index in [1.54, 1.807) is 0 Å². The van der Waals surface area contributed by atoms with Crippen molar-refractivity contribution in [3.63, 3.8) is 0 Å². The number of nitrogens with one attached hydrogen (secondary N) is 1. The molecule has 2 rings (SSSR count). The summed E-state index contributed by atoms with van der Waals surface area (Å²) in [6, 6.07) is 1.70. The first kappa shape index (κ1) is 14.8. The molecule has 0 radical (unpaired) electrons. The van der Waals surface area contributed by atoms with Gasteiger partial charge in [-0.15, -0.1) is 0 Å². The number of hydrogen-bond acceptors (Lipinski definition) is 3. The molecule has 19 heavy (non-hydrogen) atoms. The molecule has 2 fully saturated rings. The van der Waals surface area contributed by atoms with Crippen LogP contribution in [0.3, 0.4) is 0 Å². The topological polar surface area (TPSA) is 52.6 Å². The Kier molecular flexibility index (Phi) is 5.22. The smallest absolute Gasteiger partial charge is 0.317 e. The molecule has 1 unspecified atom stereocenters. The van der Waals surface area contributed by atoms with Gasteiger partial charge >= 0.3 is 5.97 Å². The Bertz CT molecular complexity index is 297. The van der Waals surface area contributed by atoms with Crippen LogP contribution in [0.2, 0.25) is 0 Å². The van der Waals surface area contributed by atoms with Gasteiger partial charge in [0.25, 0.3) is 0 Å². The lowest BCUT2D eigenvalue weighted by molar-refractivity contribution is -0.139. The van der Waals surface area contributed by atoms with Crippen LogP contribution >= 0.6 is 0 Å². The van der Waals surface area contributed by atoms with Gasteiger partial charge in [-0.1, -0.05) is 19.8 Å². The maximum atomic E-state index is 10.8. The van der Waals surface area contributed by atoms with Crippen molar-refractivity contribution in [1.29, 1.82) is 0 Å². The number of likely N-dealkylation sites (N-methyl/N-ethyl adjacent to an activating group) is 1. The lowest BCUT2D eigenvalue weighted by Gasteiger charge is -2.44. The monoisotopic (exact) mass is 268 g/mol. The molecular weight excluding hydrogens is 240 g/mol. The third-order valence-electron chi connectivity index (χ3n) is 4.98. The van der Waals surface area contributed by atoms with E-state index < -0.39 is 5.97 Å². The number of hydrogen-bond donors (Lipinski definition) is 2. The SMILES string of the molecule is CCN(CC(=O)O)C1CC(NC(C)C2CCCC2)C1. The zero-order valence-corrected chi connectivity index (χ0v) is 12.3. The van der Waals surface area contributed by atoms with E-state index in [2.05, 4.69) is 17.1 Å². The quantitative estimate of drug-likeness (QED) is 0.742. The van der Waals surface area contributed by atoms with Crippen LogP contribution in [0.1, 0.15) is 52.4 Å². The maximum absolute atomic E-state index is 10.8. The molecule has 0 aliphatic heterocycles. The Labute approximate surface area is 116 Å². The van der Waals surface area contributed by atoms with E-state index >= 15 is 0 Å². The van der Waals surface area contributed by atoms with Gasteiger partial charge in [-0.2, -0.15) is 0 Å². The normalized spacial score (nSPS) is 29.4. The first-order chi connectivity index (χ1) is 9.10. The summed E-state index contributed by atoms with van der Waals surface area (Å²) in [6.45, 7) is 5.39. The Morgan fingerprint density at radius 1 is 1.37 bits per heavy atom. The molecule has 4 heteroatoms. The van der Waals surface area contributed by atoms with Crippen LogP contribution in [0.5, 0.6) is 0 Å². The van der Waals surface area contributed by atoms with Crippen molar-refractivity contribution >= 4 is 5.97 Å². The molecule has 0 aromatic rings. The van der Waals surface area contributed by atoms with E-state index in [1.165, 1.54) is 25.7 Å². The molecule has 1 atom stereocenters. The minimum Gasteiger partial charge on any atom is -0.480 e. The van der Waals surface area contributed by atoms with Gasteiger partial charge in [0.2, 0.25) is 0 Å². The summed E-state index contributed by atoms with van der Waals surface area (Å²) in [4.78, 5) is 12.9. The Morgan fingerprint density at radius 2 is 2.00 bits per heavy atom. The van der Waals surface area contributed by atoms with E-state index in [0.717, 1.165) is 25.3 Å². The standard InChI is InChI=1S/C15H28N2O2/c1-3-17(10-15(18)19)14-8-13(9-14)16-11(2)12-6-4-5-7-12/h11-14,16H,3-10H2,1-2H3,(H,18,19). The Morgan fingerprint density at radius 3 is 2.53 bits per heavy atom. The number of carboxylic acids is 1. The zero-order chi connectivity index (χ0) is 13.8. The second-order valence-electron chi connectivity index (χ2n) is 6.28. The van der Waals surface area contributed by atoms with Crippen LogP contribution in [0.25, 0.3) is 0 Å². The molecule has 0 spiro atoms. The molecule has 0 bridgehead atoms. The van der Waals surface area contributed by atoms with Gasteiger partial charge in [-0.05, 0) is 45.1 Å². The molecule has 2 aliphatic rings. The lowest BCUT2D eigenvalue weighted by atomic mass is 9.84. The molecule has 2 aliphatic carbocycles. The van der Waals surface area contributed by atoms with Crippen LogP contribution in [0, 0.1) is 5.92 Å². The van der Waals surface area contributed by atoms with Crippen molar-refractivity contribution in [2.75, 3.05) is 13.1 Å². The highest BCUT2D eigenvalue weighted by molar-refractivity contribution is 5.69. The molecule has 0 amide bonds. The zero-order valence-electron chi connectivity index (χ0n) is 12.3. The number of aliphatic carboxylic acids is 1. The minimum atomic E-state index is -0.711. The number of nitrogens with zero attached hydrogens (tertiary/aromatic N) is 1. The molecule has 4 nitrogen and oxygen atoms in total. The van der Waals surface area contributed by atoms with Crippen molar-refractivity contribution in [3.05, 3.63) is 0 Å². The van der Waals surface area contributed by atoms with Gasteiger partial charge in [-0.3, -0.25) is 9.69 Å². The second kappa shape index (κ2) is 6.71. The van der Waals surface area contributed by atoms with Gasteiger partial charge < -0.3 is 10.4 Å². The average molecular weight is 268 g/mol. The minimum absolute atomic E-state index is 0.187. The molecule has 2 saturated carbocycles. The summed E-state index contributed by atoms with van der Waals surface area (Å²) in [5, 5.41) is 12.6. The third kappa shape index (κ3) is 3.93. The second-order valence-corrected chi connectivity index (χ2v) is 6.28. The van der Waals surface area contributed by atoms with Crippen molar-refractivity contribution < 1.29 is 9.90 Å². The number of carbonyl (C=O) groups is 1. The number of rotatable bonds is 7. The fourth-order valence-electron chi connectivity index (χ4n) is 3.66. The van der Waals surface area contributed by atoms with Gasteiger partial charge in [-0.25, -0.2) is 0 Å². The molecular formula is C15H28N2O2. The van der Waals surface area contributed by atoms with Gasteiger partial charge in [0.05, 0.1) is 6.54 Å². The van der Waals surface area contributed by atoms with Crippen LogP contribution < -0.4 is 5.32 Å². The van der Waals surface area contributed by atoms with E-state index in [0.29, 0.717) is 18.1 Å². The summed E-state index contributed by atoms with van der Waals surface area (Å²) in [5.41, 5.74) is 0. The van der Waals surface area contributed by atoms with Crippen molar-refractivity contribution in [2.45, 2.75) is 70.5 Å². The summed E-state index contributed by atoms with van der Waals surface area (Å²) >= 11 is 0. The first-order valence-electron chi connectivity index (χ1n) is 7.82. The summed E-state index contributed by atoms with van der Waals surface area (Å²) < 4.78 is 0. The van der Waals surface area contributed by atoms with E-state index in [-0.39, 0.29) is 6.54 Å². The Balaban J connectivity index is 1.68. The van der Waals surface area contributed by atoms with Crippen LogP contribution in [0.4, 0.5) is 0 Å². The largest absolute Gasteiger partial charge is 0.480 e. The highest BCUT2D eigenvalue weighted by Crippen LogP contribution is 2.31. The van der Waals surface area contributed by atoms with Crippen molar-refractivity contribution in [2.24, 2.45) is 5.92 Å². The molecule has 0 saturated heterocycles. The molecule has 2 N–H and O–H groups in total. The predicted molar refractivity (Wildman–Crippen MR) is 76.2 cm³/mol. The average Bonchev–Trinajstić information content (AvgIpc) is 2.83. The summed E-state index contributed by atoms with van der Waals surface area (Å²) in [5.74, 6) is 0.151. The summed E-state index contributed by atoms with van der Waals surface area (Å²) in [7, 11) is 0. The van der Waals surface area contributed by atoms with Gasteiger partial charge in [0.1, 0.15) is 0 Å². The molecule has 0 aromatic carbocycles. The highest BCUT2D eigenvalue weighted by atomic mass is 16.4. The fourth-order valence-corrected chi connectivity index (χ4v) is 3.66. The predicted octanol–water partition coefficient (Wildman–Crippen LogP) is 2.09. The molecule has 0 heterocycles. The third-order valence-corrected chi connectivity index (χ3v) is 4.98.